The van der Waals surface area contributed by atoms with E-state index in [1.54, 1.807) is 0 Å². The number of aromatic amines is 1. The van der Waals surface area contributed by atoms with E-state index in [2.05, 4.69) is 42.2 Å². The van der Waals surface area contributed by atoms with E-state index >= 15 is 8.78 Å². The van der Waals surface area contributed by atoms with Crippen molar-refractivity contribution >= 4 is 72.1 Å². The minimum Gasteiger partial charge on any atom is -0.382 e. The minimum atomic E-state index is -4.51. The highest BCUT2D eigenvalue weighted by Crippen LogP contribution is 2.63. The van der Waals surface area contributed by atoms with Gasteiger partial charge in [-0.15, -0.1) is 4.52 Å². The van der Waals surface area contributed by atoms with Crippen molar-refractivity contribution in [3.63, 3.8) is 0 Å². The maximum absolute atomic E-state index is 15.8. The number of aromatic nitrogens is 8. The van der Waals surface area contributed by atoms with Crippen molar-refractivity contribution in [1.82, 2.24) is 39.0 Å². The lowest BCUT2D eigenvalue weighted by atomic mass is 10.1. The number of nitrogens with zero attached hydrogens (tertiary/aromatic N) is 7. The van der Waals surface area contributed by atoms with E-state index in [1.165, 1.54) is 10.9 Å². The summed E-state index contributed by atoms with van der Waals surface area (Å²) in [7, 11) is -2.44. The number of anilines is 2. The number of hydrogen-bond acceptors (Lipinski definition) is 16. The van der Waals surface area contributed by atoms with Crippen molar-refractivity contribution in [1.29, 1.82) is 0 Å². The van der Waals surface area contributed by atoms with Gasteiger partial charge in [-0.05, 0) is 16.4 Å². The van der Waals surface area contributed by atoms with E-state index in [9.17, 15) is 19.4 Å². The molecule has 4 unspecified atom stereocenters. The van der Waals surface area contributed by atoms with Crippen molar-refractivity contribution in [2.24, 2.45) is 0 Å². The van der Waals surface area contributed by atoms with Crippen molar-refractivity contribution < 1.29 is 46.4 Å². The molecule has 2 aliphatic heterocycles. The maximum atomic E-state index is 15.8. The molecule has 7 N–H and O–H groups in total. The summed E-state index contributed by atoms with van der Waals surface area (Å²) in [6.07, 6.45) is -9.67. The zero-order valence-electron chi connectivity index (χ0n) is 22.1. The highest BCUT2D eigenvalue weighted by molar-refractivity contribution is 8.39. The second kappa shape index (κ2) is 10.9. The van der Waals surface area contributed by atoms with Gasteiger partial charge in [-0.2, -0.15) is 4.98 Å². The highest BCUT2D eigenvalue weighted by atomic mass is 32.7. The Hall–Kier alpha value is -2.82. The molecule has 0 aromatic carbocycles. The normalized spacial score (nSPS) is 34.3. The zero-order valence-corrected chi connectivity index (χ0v) is 25.6. The second-order valence-corrected chi connectivity index (χ2v) is 14.7. The van der Waals surface area contributed by atoms with Crippen molar-refractivity contribution in [2.75, 3.05) is 18.1 Å². The molecule has 0 amide bonds. The number of hydrogen-bond donors (Lipinski definition) is 6. The predicted octanol–water partition coefficient (Wildman–Crippen LogP) is -0.0694. The Kier molecular flexibility index (Phi) is 7.45. The molecule has 0 radical (unpaired) electrons. The van der Waals surface area contributed by atoms with Crippen molar-refractivity contribution in [3.05, 3.63) is 29.3 Å². The van der Waals surface area contributed by atoms with E-state index in [1.807, 2.05) is 0 Å². The van der Waals surface area contributed by atoms with Crippen LogP contribution in [-0.4, -0.2) is 98.0 Å². The van der Waals surface area contributed by atoms with E-state index in [0.717, 1.165) is 17.2 Å². The van der Waals surface area contributed by atoms with Gasteiger partial charge in [-0.1, -0.05) is 0 Å². The smallest absolute Gasteiger partial charge is 0.382 e. The molecule has 0 bridgehead atoms. The van der Waals surface area contributed by atoms with Crippen LogP contribution in [0.15, 0.2) is 23.8 Å². The summed E-state index contributed by atoms with van der Waals surface area (Å²) in [5, 5.41) is 11.1. The number of rotatable bonds is 9. The van der Waals surface area contributed by atoms with Crippen LogP contribution in [0.1, 0.15) is 12.5 Å². The first-order valence-corrected chi connectivity index (χ1v) is 17.7. The molecule has 25 heteroatoms. The molecule has 4 aromatic rings. The van der Waals surface area contributed by atoms with Gasteiger partial charge in [0.2, 0.25) is 5.95 Å². The summed E-state index contributed by atoms with van der Waals surface area (Å²) >= 11 is 8.76. The Morgan fingerprint density at radius 1 is 1.13 bits per heavy atom. The summed E-state index contributed by atoms with van der Waals surface area (Å²) in [4.78, 5) is 45.5. The lowest BCUT2D eigenvalue weighted by molar-refractivity contribution is -0.0644. The van der Waals surface area contributed by atoms with Gasteiger partial charge in [0.1, 0.15) is 55.1 Å². The van der Waals surface area contributed by atoms with E-state index in [-0.39, 0.29) is 34.1 Å². The number of aliphatic hydroxyl groups is 1. The Labute approximate surface area is 259 Å². The van der Waals surface area contributed by atoms with Gasteiger partial charge in [-0.3, -0.25) is 28.0 Å². The second-order valence-electron chi connectivity index (χ2n) is 10.2. The molecule has 3 aliphatic rings. The van der Waals surface area contributed by atoms with Crippen LogP contribution in [0.4, 0.5) is 20.5 Å². The van der Waals surface area contributed by atoms with Gasteiger partial charge in [0.05, 0.1) is 12.7 Å². The fraction of sp³-hybridized carbons (Fsp3) is 0.500. The number of nitrogen functional groups attached to an aromatic ring is 2. The van der Waals surface area contributed by atoms with Crippen LogP contribution >= 0.6 is 26.2 Å². The molecular weight excluding hydrogens is 688 g/mol. The molecule has 1 aliphatic carbocycles. The molecule has 11 atom stereocenters. The van der Waals surface area contributed by atoms with Gasteiger partial charge in [0, 0.05) is 0 Å². The number of nitrogens with one attached hydrogen (secondary N) is 1. The number of thiol groups is 1. The quantitative estimate of drug-likeness (QED) is 0.0981. The van der Waals surface area contributed by atoms with Crippen LogP contribution in [0.2, 0.25) is 0 Å². The summed E-state index contributed by atoms with van der Waals surface area (Å²) < 4.78 is 72.4. The third-order valence-electron chi connectivity index (χ3n) is 7.56. The van der Waals surface area contributed by atoms with Crippen LogP contribution in [0.25, 0.3) is 22.3 Å². The lowest BCUT2D eigenvalue weighted by Crippen LogP contribution is -2.35. The van der Waals surface area contributed by atoms with Crippen LogP contribution in [0.5, 0.6) is 0 Å². The summed E-state index contributed by atoms with van der Waals surface area (Å²) in [5.41, 5.74) is 8.53. The van der Waals surface area contributed by atoms with Crippen LogP contribution < -0.4 is 17.0 Å². The van der Waals surface area contributed by atoms with E-state index < -0.39 is 80.9 Å². The molecule has 19 nitrogen and oxygen atoms in total. The molecule has 0 spiro atoms. The molecule has 45 heavy (non-hydrogen) atoms. The summed E-state index contributed by atoms with van der Waals surface area (Å²) in [5.74, 6) is -0.227. The first-order chi connectivity index (χ1) is 21.3. The van der Waals surface area contributed by atoms with Crippen LogP contribution in [0.3, 0.4) is 0 Å². The molecule has 7 rings (SSSR count). The summed E-state index contributed by atoms with van der Waals surface area (Å²) in [6, 6.07) is 0. The molecule has 6 heterocycles. The standard InChI is InChI=1S/C20H20F2N10O9P2S2/c21-6-5(1-37-42(35)44)38-17(32-4-28-8-15(32)29-19(24)30-16(8)33)9(6)40-43(36,45)41-12-11-20(12,34)10(22)18(39-11)31-3-27-7-13(23)25-2-26-14(7)31/h2-6,9-12,17-18,34H,1H2,(H6-,23,24,25,26,29,30,33,35,36,44,45)/p+1/t5-,6-,9?,10+,11-,12?,17-,18-,20+,43?/m1/s1. The molecule has 3 fully saturated rings. The average Bonchev–Trinajstić information content (AvgIpc) is 3.49. The number of imidazole rings is 2. The van der Waals surface area contributed by atoms with Crippen molar-refractivity contribution in [2.45, 2.75) is 54.8 Å². The highest BCUT2D eigenvalue weighted by Gasteiger charge is 2.80. The van der Waals surface area contributed by atoms with Crippen molar-refractivity contribution in [3.8, 4) is 0 Å². The van der Waals surface area contributed by atoms with Gasteiger partial charge in [0.15, 0.2) is 53.0 Å². The largest absolute Gasteiger partial charge is 0.582 e. The zero-order chi connectivity index (χ0) is 32.0. The SMILES string of the molecule is Nc1nc2c(ncn2[C@@H]2O[C@H](CO[P+](=O)S)[C@@H](F)C2OP(O)(=S)OC2[C@H]3O[C@@H](n4cnc5c(N)ncnc54)[C@H](F)[C@@]23O)c(=O)[nH]1. The summed E-state index contributed by atoms with van der Waals surface area (Å²) in [6.45, 7) is -5.07. The number of H-pyrrole nitrogens is 1. The van der Waals surface area contributed by atoms with E-state index in [0.29, 0.717) is 0 Å². The third-order valence-corrected chi connectivity index (χ3v) is 9.79. The topological polar surface area (TPSA) is 263 Å². The third kappa shape index (κ3) is 5.02. The van der Waals surface area contributed by atoms with Crippen LogP contribution in [0, 0.1) is 0 Å². The van der Waals surface area contributed by atoms with Gasteiger partial charge >= 0.3 is 13.9 Å². The number of fused-ring (bicyclic) bond motifs is 3. The van der Waals surface area contributed by atoms with E-state index in [4.69, 9.17) is 46.3 Å². The number of halogens is 2. The first kappa shape index (κ1) is 30.8. The average molecular weight is 710 g/mol. The molecule has 4 aromatic heterocycles. The van der Waals surface area contributed by atoms with Gasteiger partial charge in [-0.25, -0.2) is 28.7 Å². The van der Waals surface area contributed by atoms with Gasteiger partial charge < -0.3 is 30.9 Å². The Morgan fingerprint density at radius 3 is 2.53 bits per heavy atom. The number of alkyl halides is 2. The molecular formula is C20H21F2N10O9P2S2+. The fourth-order valence-electron chi connectivity index (χ4n) is 5.43. The predicted molar refractivity (Wildman–Crippen MR) is 154 cm³/mol. The molecule has 240 valence electrons. The minimum absolute atomic E-state index is 0.0543. The van der Waals surface area contributed by atoms with Crippen LogP contribution in [-0.2, 0) is 39.4 Å². The van der Waals surface area contributed by atoms with Gasteiger partial charge in [0.25, 0.3) is 5.56 Å². The number of ether oxygens (including phenoxy) is 2. The monoisotopic (exact) mass is 709 g/mol. The fourth-order valence-corrected chi connectivity index (χ4v) is 7.62. The first-order valence-electron chi connectivity index (χ1n) is 12.8. The molecule has 1 saturated carbocycles. The Bertz CT molecular complexity index is 1950. The Morgan fingerprint density at radius 2 is 1.84 bits per heavy atom. The lowest BCUT2D eigenvalue weighted by Gasteiger charge is -2.27. The Balaban J connectivity index is 1.12. The number of nitrogens with two attached hydrogens (primary N) is 2. The molecule has 2 saturated heterocycles. The maximum Gasteiger partial charge on any atom is 0.582 e.